The largest absolute Gasteiger partial charge is 0.497 e. The van der Waals surface area contributed by atoms with Crippen molar-refractivity contribution in [3.05, 3.63) is 61.2 Å². The van der Waals surface area contributed by atoms with E-state index in [0.29, 0.717) is 24.8 Å². The van der Waals surface area contributed by atoms with Crippen molar-refractivity contribution in [2.24, 2.45) is 0 Å². The number of para-hydroxylation sites is 2. The Morgan fingerprint density at radius 2 is 1.88 bits per heavy atom. The molecule has 6 nitrogen and oxygen atoms in total. The van der Waals surface area contributed by atoms with Crippen LogP contribution >= 0.6 is 0 Å². The topological polar surface area (TPSA) is 73.5 Å². The van der Waals surface area contributed by atoms with E-state index >= 15 is 0 Å². The van der Waals surface area contributed by atoms with Crippen LogP contribution in [0.5, 0.6) is 11.5 Å². The summed E-state index contributed by atoms with van der Waals surface area (Å²) in [5, 5.41) is 10.4. The normalized spacial score (nSPS) is 12.1. The van der Waals surface area contributed by atoms with Crippen molar-refractivity contribution in [1.82, 2.24) is 4.57 Å². The second-order valence-electron chi connectivity index (χ2n) is 6.00. The number of nitrogens with zero attached hydrogens (tertiary/aromatic N) is 2. The molecule has 136 valence electrons. The van der Waals surface area contributed by atoms with Crippen LogP contribution in [0.3, 0.4) is 0 Å². The SMILES string of the molecule is C=CCn1c(N)[n+](C[C@H](O)COc2ccc(OC)cc2)c2ccccc21. The van der Waals surface area contributed by atoms with Crippen LogP contribution in [-0.2, 0) is 13.1 Å². The number of anilines is 1. The van der Waals surface area contributed by atoms with Crippen molar-refractivity contribution < 1.29 is 19.1 Å². The molecule has 0 amide bonds. The zero-order valence-electron chi connectivity index (χ0n) is 14.8. The van der Waals surface area contributed by atoms with Crippen LogP contribution in [0.25, 0.3) is 11.0 Å². The van der Waals surface area contributed by atoms with Crippen LogP contribution in [0.4, 0.5) is 5.95 Å². The van der Waals surface area contributed by atoms with Gasteiger partial charge in [0.15, 0.2) is 0 Å². The fraction of sp³-hybridized carbons (Fsp3) is 0.250. The molecule has 3 N–H and O–H groups in total. The third kappa shape index (κ3) is 3.65. The van der Waals surface area contributed by atoms with Gasteiger partial charge in [0.1, 0.15) is 41.8 Å². The minimum Gasteiger partial charge on any atom is -0.497 e. The van der Waals surface area contributed by atoms with Gasteiger partial charge >= 0.3 is 5.95 Å². The molecule has 0 saturated heterocycles. The summed E-state index contributed by atoms with van der Waals surface area (Å²) in [6, 6.07) is 15.2. The van der Waals surface area contributed by atoms with Gasteiger partial charge in [-0.25, -0.2) is 9.13 Å². The van der Waals surface area contributed by atoms with Crippen molar-refractivity contribution in [2.45, 2.75) is 19.2 Å². The van der Waals surface area contributed by atoms with Crippen LogP contribution in [0.2, 0.25) is 0 Å². The summed E-state index contributed by atoms with van der Waals surface area (Å²) in [5.74, 6) is 2.02. The predicted octanol–water partition coefficient (Wildman–Crippen LogP) is 2.15. The van der Waals surface area contributed by atoms with Crippen LogP contribution in [-0.4, -0.2) is 29.5 Å². The fourth-order valence-electron chi connectivity index (χ4n) is 2.95. The molecule has 0 aliphatic rings. The van der Waals surface area contributed by atoms with E-state index < -0.39 is 6.10 Å². The third-order valence-corrected chi connectivity index (χ3v) is 4.22. The first kappa shape index (κ1) is 17.8. The Morgan fingerprint density at radius 3 is 2.58 bits per heavy atom. The highest BCUT2D eigenvalue weighted by Gasteiger charge is 2.22. The quantitative estimate of drug-likeness (QED) is 0.480. The Hall–Kier alpha value is -2.99. The number of benzene rings is 2. The first-order valence-electron chi connectivity index (χ1n) is 8.46. The molecular weight excluding hydrogens is 330 g/mol. The van der Waals surface area contributed by atoms with E-state index in [4.69, 9.17) is 15.2 Å². The number of ether oxygens (including phenoxy) is 2. The van der Waals surface area contributed by atoms with Gasteiger partial charge in [-0.1, -0.05) is 24.8 Å². The molecule has 0 unspecified atom stereocenters. The van der Waals surface area contributed by atoms with Gasteiger partial charge < -0.3 is 14.6 Å². The van der Waals surface area contributed by atoms with Crippen LogP contribution in [0.1, 0.15) is 0 Å². The molecule has 3 rings (SSSR count). The highest BCUT2D eigenvalue weighted by molar-refractivity contribution is 5.73. The van der Waals surface area contributed by atoms with Gasteiger partial charge in [0, 0.05) is 0 Å². The lowest BCUT2D eigenvalue weighted by molar-refractivity contribution is -0.665. The molecule has 0 aliphatic heterocycles. The number of aliphatic hydroxyl groups excluding tert-OH is 1. The van der Waals surface area contributed by atoms with E-state index in [-0.39, 0.29) is 6.61 Å². The Labute approximate surface area is 152 Å². The van der Waals surface area contributed by atoms with E-state index in [1.54, 1.807) is 13.2 Å². The molecule has 0 radical (unpaired) electrons. The number of methoxy groups -OCH3 is 1. The standard InChI is InChI=1S/C20H23N3O3/c1-3-12-22-18-6-4-5-7-19(18)23(20(22)21)13-15(24)14-26-17-10-8-16(25-2)9-11-17/h3-11,15,21,24H,1,12-14H2,2H3/p+1/t15-/m0/s1. The summed E-state index contributed by atoms with van der Waals surface area (Å²) >= 11 is 0. The number of hydrogen-bond acceptors (Lipinski definition) is 4. The molecule has 2 aromatic carbocycles. The molecule has 0 aliphatic carbocycles. The summed E-state index contributed by atoms with van der Waals surface area (Å²) < 4.78 is 14.7. The average molecular weight is 354 g/mol. The van der Waals surface area contributed by atoms with E-state index in [0.717, 1.165) is 16.8 Å². The maximum absolute atomic E-state index is 10.4. The summed E-state index contributed by atoms with van der Waals surface area (Å²) in [4.78, 5) is 0. The summed E-state index contributed by atoms with van der Waals surface area (Å²) in [6.07, 6.45) is 1.10. The first-order valence-corrected chi connectivity index (χ1v) is 8.46. The lowest BCUT2D eigenvalue weighted by atomic mass is 10.3. The molecule has 1 heterocycles. The number of imidazole rings is 1. The lowest BCUT2D eigenvalue weighted by Gasteiger charge is -2.12. The lowest BCUT2D eigenvalue weighted by Crippen LogP contribution is -2.43. The zero-order chi connectivity index (χ0) is 18.5. The first-order chi connectivity index (χ1) is 12.6. The fourth-order valence-corrected chi connectivity index (χ4v) is 2.95. The molecule has 3 aromatic rings. The zero-order valence-corrected chi connectivity index (χ0v) is 14.8. The maximum Gasteiger partial charge on any atom is 0.356 e. The van der Waals surface area contributed by atoms with Crippen molar-refractivity contribution in [3.8, 4) is 11.5 Å². The molecule has 26 heavy (non-hydrogen) atoms. The van der Waals surface area contributed by atoms with Gasteiger partial charge in [0.2, 0.25) is 0 Å². The smallest absolute Gasteiger partial charge is 0.356 e. The van der Waals surface area contributed by atoms with Crippen molar-refractivity contribution in [2.75, 3.05) is 19.5 Å². The minimum atomic E-state index is -0.701. The van der Waals surface area contributed by atoms with Crippen LogP contribution < -0.4 is 19.8 Å². The van der Waals surface area contributed by atoms with Gasteiger partial charge in [-0.3, -0.25) is 5.73 Å². The average Bonchev–Trinajstić information content (AvgIpc) is 2.93. The van der Waals surface area contributed by atoms with Crippen molar-refractivity contribution >= 4 is 17.0 Å². The Bertz CT molecular complexity index is 887. The Balaban J connectivity index is 1.73. The van der Waals surface area contributed by atoms with Gasteiger partial charge in [-0.15, -0.1) is 0 Å². The monoisotopic (exact) mass is 354 g/mol. The molecule has 0 spiro atoms. The van der Waals surface area contributed by atoms with Gasteiger partial charge in [0.05, 0.1) is 13.7 Å². The predicted molar refractivity (Wildman–Crippen MR) is 101 cm³/mol. The number of aliphatic hydroxyl groups is 1. The van der Waals surface area contributed by atoms with Gasteiger partial charge in [0.25, 0.3) is 0 Å². The number of allylic oxidation sites excluding steroid dienone is 1. The minimum absolute atomic E-state index is 0.166. The molecule has 1 atom stereocenters. The highest BCUT2D eigenvalue weighted by Crippen LogP contribution is 2.18. The molecule has 0 bridgehead atoms. The molecule has 0 saturated carbocycles. The Kier molecular flexibility index (Phi) is 5.43. The van der Waals surface area contributed by atoms with E-state index in [2.05, 4.69) is 6.58 Å². The van der Waals surface area contributed by atoms with Crippen molar-refractivity contribution in [1.29, 1.82) is 0 Å². The number of nitrogens with two attached hydrogens (primary N) is 1. The van der Waals surface area contributed by atoms with Gasteiger partial charge in [-0.05, 0) is 36.4 Å². The summed E-state index contributed by atoms with van der Waals surface area (Å²) in [6.45, 7) is 4.90. The second kappa shape index (κ2) is 7.93. The third-order valence-electron chi connectivity index (χ3n) is 4.22. The number of rotatable bonds is 8. The number of aromatic nitrogens is 2. The number of fused-ring (bicyclic) bond motifs is 1. The van der Waals surface area contributed by atoms with E-state index in [9.17, 15) is 5.11 Å². The van der Waals surface area contributed by atoms with Crippen molar-refractivity contribution in [3.63, 3.8) is 0 Å². The molecule has 1 aromatic heterocycles. The maximum atomic E-state index is 10.4. The molecular formula is C20H24N3O3+. The summed E-state index contributed by atoms with van der Waals surface area (Å²) in [7, 11) is 1.62. The Morgan fingerprint density at radius 1 is 1.19 bits per heavy atom. The van der Waals surface area contributed by atoms with Gasteiger partial charge in [-0.2, -0.15) is 0 Å². The molecule has 6 heteroatoms. The second-order valence-corrected chi connectivity index (χ2v) is 6.00. The van der Waals surface area contributed by atoms with Crippen LogP contribution in [0, 0.1) is 0 Å². The number of hydrogen-bond donors (Lipinski definition) is 2. The van der Waals surface area contributed by atoms with E-state index in [1.165, 1.54) is 0 Å². The van der Waals surface area contributed by atoms with Crippen LogP contribution in [0.15, 0.2) is 61.2 Å². The molecule has 0 fully saturated rings. The van der Waals surface area contributed by atoms with E-state index in [1.807, 2.05) is 57.7 Å². The summed E-state index contributed by atoms with van der Waals surface area (Å²) in [5.41, 5.74) is 8.28. The highest BCUT2D eigenvalue weighted by atomic mass is 16.5. The number of nitrogen functional groups attached to an aromatic ring is 1.